The van der Waals surface area contributed by atoms with Gasteiger partial charge in [-0.15, -0.1) is 0 Å². The maximum Gasteiger partial charge on any atom is 0.240 e. The van der Waals surface area contributed by atoms with E-state index in [9.17, 15) is 8.42 Å². The Bertz CT molecular complexity index is 488. The van der Waals surface area contributed by atoms with Crippen molar-refractivity contribution < 1.29 is 13.5 Å². The SMILES string of the molecule is CC(CCO)Nc1ccc(S(N)(=O)=O)c(N)c1. The van der Waals surface area contributed by atoms with E-state index in [4.69, 9.17) is 16.0 Å². The second-order valence-corrected chi connectivity index (χ2v) is 5.39. The van der Waals surface area contributed by atoms with Gasteiger partial charge in [-0.2, -0.15) is 0 Å². The van der Waals surface area contributed by atoms with E-state index in [1.165, 1.54) is 12.1 Å². The average molecular weight is 259 g/mol. The summed E-state index contributed by atoms with van der Waals surface area (Å²) in [6.07, 6.45) is 0.594. The molecule has 0 saturated heterocycles. The minimum absolute atomic E-state index is 0.0692. The number of aliphatic hydroxyl groups excluding tert-OH is 1. The summed E-state index contributed by atoms with van der Waals surface area (Å²) in [7, 11) is -3.78. The van der Waals surface area contributed by atoms with Gasteiger partial charge in [0.25, 0.3) is 0 Å². The van der Waals surface area contributed by atoms with E-state index >= 15 is 0 Å². The summed E-state index contributed by atoms with van der Waals surface area (Å²) < 4.78 is 22.3. The number of benzene rings is 1. The molecule has 6 nitrogen and oxygen atoms in total. The van der Waals surface area contributed by atoms with Crippen LogP contribution in [0.3, 0.4) is 0 Å². The first-order chi connectivity index (χ1) is 7.84. The van der Waals surface area contributed by atoms with Crippen LogP contribution in [-0.4, -0.2) is 26.2 Å². The largest absolute Gasteiger partial charge is 0.398 e. The molecule has 0 saturated carbocycles. The molecule has 0 fully saturated rings. The molecule has 0 heterocycles. The van der Waals surface area contributed by atoms with Crippen LogP contribution in [0.4, 0.5) is 11.4 Å². The molecule has 1 aromatic carbocycles. The van der Waals surface area contributed by atoms with Crippen molar-refractivity contribution in [2.45, 2.75) is 24.3 Å². The van der Waals surface area contributed by atoms with Crippen molar-refractivity contribution in [1.82, 2.24) is 0 Å². The molecule has 0 amide bonds. The lowest BCUT2D eigenvalue weighted by Gasteiger charge is -2.15. The van der Waals surface area contributed by atoms with Gasteiger partial charge in [0.05, 0.1) is 5.69 Å². The van der Waals surface area contributed by atoms with Gasteiger partial charge in [-0.3, -0.25) is 0 Å². The highest BCUT2D eigenvalue weighted by atomic mass is 32.2. The van der Waals surface area contributed by atoms with Crippen molar-refractivity contribution in [3.63, 3.8) is 0 Å². The summed E-state index contributed by atoms with van der Waals surface area (Å²) in [5.74, 6) is 0. The monoisotopic (exact) mass is 259 g/mol. The third-order valence-corrected chi connectivity index (χ3v) is 3.28. The van der Waals surface area contributed by atoms with Crippen molar-refractivity contribution in [1.29, 1.82) is 0 Å². The van der Waals surface area contributed by atoms with Gasteiger partial charge in [-0.05, 0) is 31.5 Å². The topological polar surface area (TPSA) is 118 Å². The Morgan fingerprint density at radius 3 is 2.59 bits per heavy atom. The van der Waals surface area contributed by atoms with E-state index in [0.717, 1.165) is 0 Å². The highest BCUT2D eigenvalue weighted by Gasteiger charge is 2.12. The summed E-state index contributed by atoms with van der Waals surface area (Å²) in [6.45, 7) is 1.99. The van der Waals surface area contributed by atoms with E-state index in [-0.39, 0.29) is 23.2 Å². The smallest absolute Gasteiger partial charge is 0.240 e. The Hall–Kier alpha value is -1.31. The molecular formula is C10H17N3O3S. The summed E-state index contributed by atoms with van der Waals surface area (Å²) in [6, 6.07) is 4.52. The van der Waals surface area contributed by atoms with Crippen LogP contribution in [0, 0.1) is 0 Å². The highest BCUT2D eigenvalue weighted by molar-refractivity contribution is 7.89. The minimum atomic E-state index is -3.78. The summed E-state index contributed by atoms with van der Waals surface area (Å²) in [5.41, 5.74) is 6.40. The quantitative estimate of drug-likeness (QED) is 0.559. The molecule has 7 heteroatoms. The Balaban J connectivity index is 2.90. The van der Waals surface area contributed by atoms with Gasteiger partial charge < -0.3 is 16.2 Å². The molecule has 6 N–H and O–H groups in total. The molecule has 0 radical (unpaired) electrons. The van der Waals surface area contributed by atoms with E-state index in [1.807, 2.05) is 6.92 Å². The van der Waals surface area contributed by atoms with Crippen LogP contribution in [0.15, 0.2) is 23.1 Å². The van der Waals surface area contributed by atoms with Crippen molar-refractivity contribution >= 4 is 21.4 Å². The third-order valence-electron chi connectivity index (χ3n) is 2.29. The number of hydrogen-bond acceptors (Lipinski definition) is 5. The minimum Gasteiger partial charge on any atom is -0.398 e. The molecule has 0 aliphatic rings. The summed E-state index contributed by atoms with van der Waals surface area (Å²) >= 11 is 0. The van der Waals surface area contributed by atoms with E-state index in [0.29, 0.717) is 12.1 Å². The maximum absolute atomic E-state index is 11.1. The van der Waals surface area contributed by atoms with Crippen molar-refractivity contribution in [3.05, 3.63) is 18.2 Å². The highest BCUT2D eigenvalue weighted by Crippen LogP contribution is 2.22. The van der Waals surface area contributed by atoms with Crippen molar-refractivity contribution in [2.75, 3.05) is 17.7 Å². The maximum atomic E-state index is 11.1. The summed E-state index contributed by atoms with van der Waals surface area (Å²) in [4.78, 5) is -0.0853. The Kier molecular flexibility index (Phi) is 4.33. The molecule has 1 unspecified atom stereocenters. The molecule has 1 aromatic rings. The van der Waals surface area contributed by atoms with Crippen LogP contribution in [0.2, 0.25) is 0 Å². The van der Waals surface area contributed by atoms with Gasteiger partial charge in [-0.1, -0.05) is 0 Å². The number of nitrogens with one attached hydrogen (secondary N) is 1. The lowest BCUT2D eigenvalue weighted by atomic mass is 10.2. The summed E-state index contributed by atoms with van der Waals surface area (Å²) in [5, 5.41) is 16.8. The second kappa shape index (κ2) is 5.35. The molecular weight excluding hydrogens is 242 g/mol. The van der Waals surface area contributed by atoms with Crippen LogP contribution < -0.4 is 16.2 Å². The van der Waals surface area contributed by atoms with Gasteiger partial charge in [0.2, 0.25) is 10.0 Å². The van der Waals surface area contributed by atoms with E-state index < -0.39 is 10.0 Å². The fourth-order valence-electron chi connectivity index (χ4n) is 1.45. The zero-order valence-electron chi connectivity index (χ0n) is 9.55. The number of hydrogen-bond donors (Lipinski definition) is 4. The first-order valence-electron chi connectivity index (χ1n) is 5.14. The van der Waals surface area contributed by atoms with Crippen molar-refractivity contribution in [3.8, 4) is 0 Å². The van der Waals surface area contributed by atoms with Gasteiger partial charge in [0, 0.05) is 18.3 Å². The average Bonchev–Trinajstić information content (AvgIpc) is 2.15. The molecule has 0 aliphatic heterocycles. The standard InChI is InChI=1S/C10H17N3O3S/c1-7(4-5-14)13-8-2-3-10(9(11)6-8)17(12,15)16/h2-3,6-7,13-14H,4-5,11H2,1H3,(H2,12,15,16). The molecule has 96 valence electrons. The zero-order chi connectivity index (χ0) is 13.1. The van der Waals surface area contributed by atoms with E-state index in [1.54, 1.807) is 6.07 Å². The first kappa shape index (κ1) is 13.8. The molecule has 17 heavy (non-hydrogen) atoms. The number of nitrogens with two attached hydrogens (primary N) is 2. The molecule has 0 aromatic heterocycles. The van der Waals surface area contributed by atoms with Crippen LogP contribution in [-0.2, 0) is 10.0 Å². The van der Waals surface area contributed by atoms with Gasteiger partial charge in [0.1, 0.15) is 4.90 Å². The zero-order valence-corrected chi connectivity index (χ0v) is 10.4. The van der Waals surface area contributed by atoms with Crippen molar-refractivity contribution in [2.24, 2.45) is 5.14 Å². The Labute approximate surface area is 101 Å². The number of aliphatic hydroxyl groups is 1. The van der Waals surface area contributed by atoms with Gasteiger partial charge >= 0.3 is 0 Å². The third kappa shape index (κ3) is 3.88. The normalized spacial score (nSPS) is 13.4. The van der Waals surface area contributed by atoms with Crippen LogP contribution in [0.25, 0.3) is 0 Å². The number of anilines is 2. The Morgan fingerprint density at radius 1 is 1.47 bits per heavy atom. The number of sulfonamides is 1. The second-order valence-electron chi connectivity index (χ2n) is 3.86. The van der Waals surface area contributed by atoms with Crippen LogP contribution in [0.1, 0.15) is 13.3 Å². The number of rotatable bonds is 5. The predicted molar refractivity (Wildman–Crippen MR) is 67.0 cm³/mol. The molecule has 0 bridgehead atoms. The Morgan fingerprint density at radius 2 is 2.12 bits per heavy atom. The first-order valence-corrected chi connectivity index (χ1v) is 6.69. The number of nitrogen functional groups attached to an aromatic ring is 1. The molecule has 1 rings (SSSR count). The predicted octanol–water partition coefficient (Wildman–Crippen LogP) is 0.0990. The van der Waals surface area contributed by atoms with E-state index in [2.05, 4.69) is 5.32 Å². The molecule has 1 atom stereocenters. The van der Waals surface area contributed by atoms with Gasteiger partial charge in [-0.25, -0.2) is 13.6 Å². The van der Waals surface area contributed by atoms with Crippen LogP contribution in [0.5, 0.6) is 0 Å². The molecule has 0 spiro atoms. The lowest BCUT2D eigenvalue weighted by molar-refractivity contribution is 0.282. The van der Waals surface area contributed by atoms with Crippen LogP contribution >= 0.6 is 0 Å². The number of primary sulfonamides is 1. The lowest BCUT2D eigenvalue weighted by Crippen LogP contribution is -2.18. The molecule has 0 aliphatic carbocycles. The fraction of sp³-hybridized carbons (Fsp3) is 0.400. The fourth-order valence-corrected chi connectivity index (χ4v) is 2.09. The van der Waals surface area contributed by atoms with Gasteiger partial charge in [0.15, 0.2) is 0 Å².